The highest BCUT2D eigenvalue weighted by Gasteiger charge is 2.12. The van der Waals surface area contributed by atoms with Crippen LogP contribution in [0, 0.1) is 0 Å². The zero-order chi connectivity index (χ0) is 13.9. The number of rotatable bonds is 4. The Balaban J connectivity index is 1.88. The van der Waals surface area contributed by atoms with Crippen LogP contribution in [0.4, 0.5) is 0 Å². The van der Waals surface area contributed by atoms with Crippen LogP contribution >= 0.6 is 11.3 Å². The third-order valence-corrected chi connectivity index (χ3v) is 3.75. The minimum atomic E-state index is 0.00586. The molecule has 2 rings (SSSR count). The van der Waals surface area contributed by atoms with Crippen molar-refractivity contribution in [2.24, 2.45) is 0 Å². The van der Waals surface area contributed by atoms with Crippen molar-refractivity contribution >= 4 is 11.3 Å². The van der Waals surface area contributed by atoms with E-state index in [1.165, 1.54) is 22.5 Å². The first-order valence-electron chi connectivity index (χ1n) is 6.42. The van der Waals surface area contributed by atoms with Crippen molar-refractivity contribution in [2.75, 3.05) is 0 Å². The van der Waals surface area contributed by atoms with Gasteiger partial charge in [-0.25, -0.2) is 0 Å². The number of thiazole rings is 1. The van der Waals surface area contributed by atoms with E-state index in [1.807, 2.05) is 5.38 Å². The van der Waals surface area contributed by atoms with Gasteiger partial charge in [0.1, 0.15) is 0 Å². The fraction of sp³-hybridized carbons (Fsp3) is 0.400. The van der Waals surface area contributed by atoms with Gasteiger partial charge in [0.15, 0.2) is 0 Å². The Morgan fingerprint density at radius 1 is 1.16 bits per heavy atom. The molecule has 1 heterocycles. The zero-order valence-corrected chi connectivity index (χ0v) is 12.4. The van der Waals surface area contributed by atoms with Crippen LogP contribution in [0.2, 0.25) is 0 Å². The number of hydrogen-bond donors (Lipinski definition) is 2. The van der Waals surface area contributed by atoms with Gasteiger partial charge in [-0.1, -0.05) is 56.4 Å². The molecular weight excluding hydrogens is 256 g/mol. The lowest BCUT2D eigenvalue weighted by Gasteiger charge is -2.19. The molecule has 1 aromatic carbocycles. The summed E-state index contributed by atoms with van der Waals surface area (Å²) in [5, 5.41) is 5.19. The van der Waals surface area contributed by atoms with Crippen LogP contribution in [0.5, 0.6) is 0 Å². The Kier molecular flexibility index (Phi) is 4.22. The SMILES string of the molecule is CC(C)(C)c1ccc(CNCc2csc(=O)[nH]2)cc1. The normalized spacial score (nSPS) is 11.7. The molecule has 0 fully saturated rings. The van der Waals surface area contributed by atoms with E-state index in [0.717, 1.165) is 12.2 Å². The van der Waals surface area contributed by atoms with Crippen LogP contribution in [-0.4, -0.2) is 4.98 Å². The number of hydrogen-bond acceptors (Lipinski definition) is 3. The van der Waals surface area contributed by atoms with E-state index in [1.54, 1.807) is 0 Å². The molecule has 0 aliphatic rings. The Hall–Kier alpha value is -1.39. The van der Waals surface area contributed by atoms with Crippen molar-refractivity contribution in [3.63, 3.8) is 0 Å². The number of aromatic amines is 1. The summed E-state index contributed by atoms with van der Waals surface area (Å²) in [5.41, 5.74) is 3.74. The number of H-pyrrole nitrogens is 1. The van der Waals surface area contributed by atoms with Gasteiger partial charge in [0.2, 0.25) is 0 Å². The van der Waals surface area contributed by atoms with Crippen molar-refractivity contribution in [3.8, 4) is 0 Å². The molecule has 4 heteroatoms. The fourth-order valence-corrected chi connectivity index (χ4v) is 2.45. The average molecular weight is 276 g/mol. The molecule has 0 unspecified atom stereocenters. The first-order valence-corrected chi connectivity index (χ1v) is 7.30. The summed E-state index contributed by atoms with van der Waals surface area (Å²) < 4.78 is 0. The molecule has 2 aromatic rings. The molecule has 2 N–H and O–H groups in total. The molecule has 0 bridgehead atoms. The van der Waals surface area contributed by atoms with Crippen LogP contribution < -0.4 is 10.2 Å². The maximum atomic E-state index is 11.0. The van der Waals surface area contributed by atoms with Crippen molar-refractivity contribution in [2.45, 2.75) is 39.3 Å². The van der Waals surface area contributed by atoms with Crippen LogP contribution in [-0.2, 0) is 18.5 Å². The van der Waals surface area contributed by atoms with Gasteiger partial charge in [0, 0.05) is 24.2 Å². The third-order valence-electron chi connectivity index (χ3n) is 3.04. The quantitative estimate of drug-likeness (QED) is 0.901. The summed E-state index contributed by atoms with van der Waals surface area (Å²) in [6.07, 6.45) is 0. The number of benzene rings is 1. The van der Waals surface area contributed by atoms with Crippen LogP contribution in [0.3, 0.4) is 0 Å². The topological polar surface area (TPSA) is 44.9 Å². The van der Waals surface area contributed by atoms with Gasteiger partial charge < -0.3 is 10.3 Å². The van der Waals surface area contributed by atoms with E-state index in [2.05, 4.69) is 55.3 Å². The molecule has 0 saturated carbocycles. The van der Waals surface area contributed by atoms with Gasteiger partial charge in [0.25, 0.3) is 0 Å². The highest BCUT2D eigenvalue weighted by atomic mass is 32.1. The maximum Gasteiger partial charge on any atom is 0.304 e. The predicted octanol–water partition coefficient (Wildman–Crippen LogP) is 3.02. The summed E-state index contributed by atoms with van der Waals surface area (Å²) in [5.74, 6) is 0. The van der Waals surface area contributed by atoms with E-state index >= 15 is 0 Å². The van der Waals surface area contributed by atoms with Crippen molar-refractivity contribution < 1.29 is 0 Å². The lowest BCUT2D eigenvalue weighted by atomic mass is 9.87. The molecule has 0 spiro atoms. The first kappa shape index (κ1) is 14.0. The Bertz CT molecular complexity index is 575. The maximum absolute atomic E-state index is 11.0. The van der Waals surface area contributed by atoms with Crippen molar-refractivity contribution in [1.29, 1.82) is 0 Å². The molecule has 102 valence electrons. The molecule has 0 atom stereocenters. The van der Waals surface area contributed by atoms with Gasteiger partial charge in [-0.05, 0) is 16.5 Å². The summed E-state index contributed by atoms with van der Waals surface area (Å²) in [4.78, 5) is 13.8. The van der Waals surface area contributed by atoms with E-state index < -0.39 is 0 Å². The average Bonchev–Trinajstić information content (AvgIpc) is 2.75. The minimum absolute atomic E-state index is 0.00586. The van der Waals surface area contributed by atoms with Crippen LogP contribution in [0.25, 0.3) is 0 Å². The summed E-state index contributed by atoms with van der Waals surface area (Å²) in [7, 11) is 0. The van der Waals surface area contributed by atoms with Crippen LogP contribution in [0.15, 0.2) is 34.4 Å². The summed E-state index contributed by atoms with van der Waals surface area (Å²) >= 11 is 1.20. The highest BCUT2D eigenvalue weighted by Crippen LogP contribution is 2.22. The van der Waals surface area contributed by atoms with Crippen LogP contribution in [0.1, 0.15) is 37.6 Å². The van der Waals surface area contributed by atoms with E-state index in [0.29, 0.717) is 6.54 Å². The lowest BCUT2D eigenvalue weighted by Crippen LogP contribution is -2.14. The molecule has 19 heavy (non-hydrogen) atoms. The van der Waals surface area contributed by atoms with Gasteiger partial charge in [-0.3, -0.25) is 4.79 Å². The second-order valence-electron chi connectivity index (χ2n) is 5.72. The molecular formula is C15H20N2OS. The molecule has 0 saturated heterocycles. The molecule has 0 aliphatic heterocycles. The van der Waals surface area contributed by atoms with E-state index in [-0.39, 0.29) is 10.3 Å². The van der Waals surface area contributed by atoms with Gasteiger partial charge in [-0.2, -0.15) is 0 Å². The minimum Gasteiger partial charge on any atom is -0.315 e. The Labute approximate surface area is 117 Å². The van der Waals surface area contributed by atoms with E-state index in [9.17, 15) is 4.79 Å². The fourth-order valence-electron chi connectivity index (χ4n) is 1.86. The summed E-state index contributed by atoms with van der Waals surface area (Å²) in [6, 6.07) is 8.68. The Morgan fingerprint density at radius 3 is 2.37 bits per heavy atom. The standard InChI is InChI=1S/C15H20N2OS/c1-15(2,3)12-6-4-11(5-7-12)8-16-9-13-10-19-14(18)17-13/h4-7,10,16H,8-9H2,1-3H3,(H,17,18). The van der Waals surface area contributed by atoms with Gasteiger partial charge in [-0.15, -0.1) is 0 Å². The van der Waals surface area contributed by atoms with Crippen molar-refractivity contribution in [3.05, 3.63) is 56.1 Å². The van der Waals surface area contributed by atoms with E-state index in [4.69, 9.17) is 0 Å². The predicted molar refractivity (Wildman–Crippen MR) is 80.6 cm³/mol. The molecule has 0 aliphatic carbocycles. The first-order chi connectivity index (χ1) is 8.95. The monoisotopic (exact) mass is 276 g/mol. The molecule has 0 radical (unpaired) electrons. The second-order valence-corrected chi connectivity index (χ2v) is 6.57. The zero-order valence-electron chi connectivity index (χ0n) is 11.6. The molecule has 0 amide bonds. The lowest BCUT2D eigenvalue weighted by molar-refractivity contribution is 0.589. The summed E-state index contributed by atoms with van der Waals surface area (Å²) in [6.45, 7) is 8.15. The Morgan fingerprint density at radius 2 is 1.84 bits per heavy atom. The van der Waals surface area contributed by atoms with Gasteiger partial charge in [0.05, 0.1) is 0 Å². The largest absolute Gasteiger partial charge is 0.315 e. The smallest absolute Gasteiger partial charge is 0.304 e. The molecule has 3 nitrogen and oxygen atoms in total. The highest BCUT2D eigenvalue weighted by molar-refractivity contribution is 7.07. The number of aromatic nitrogens is 1. The third kappa shape index (κ3) is 4.04. The number of nitrogens with one attached hydrogen (secondary N) is 2. The van der Waals surface area contributed by atoms with Crippen molar-refractivity contribution in [1.82, 2.24) is 10.3 Å². The molecule has 1 aromatic heterocycles. The van der Waals surface area contributed by atoms with Gasteiger partial charge >= 0.3 is 4.87 Å². The second kappa shape index (κ2) is 5.72.